The number of hydrogen-bond donors (Lipinski definition) is 2. The molecule has 0 saturated heterocycles. The predicted octanol–water partition coefficient (Wildman–Crippen LogP) is 5.03. The summed E-state index contributed by atoms with van der Waals surface area (Å²) in [6.45, 7) is 0. The van der Waals surface area contributed by atoms with Gasteiger partial charge in [-0.3, -0.25) is 0 Å². The van der Waals surface area contributed by atoms with E-state index in [9.17, 15) is 0 Å². The van der Waals surface area contributed by atoms with Crippen LogP contribution in [0.1, 0.15) is 57.8 Å². The van der Waals surface area contributed by atoms with E-state index in [1.165, 1.54) is 61.0 Å². The van der Waals surface area contributed by atoms with Crippen molar-refractivity contribution in [3.05, 3.63) is 45.5 Å². The van der Waals surface area contributed by atoms with Gasteiger partial charge in [0.2, 0.25) is 0 Å². The molecule has 0 aromatic carbocycles. The maximum atomic E-state index is 6.34. The van der Waals surface area contributed by atoms with Crippen LogP contribution in [-0.4, -0.2) is 0 Å². The van der Waals surface area contributed by atoms with Gasteiger partial charge >= 0.3 is 0 Å². The lowest BCUT2D eigenvalue weighted by atomic mass is 9.80. The lowest BCUT2D eigenvalue weighted by molar-refractivity contribution is 0.599. The summed E-state index contributed by atoms with van der Waals surface area (Å²) in [5.74, 6) is 0.496. The van der Waals surface area contributed by atoms with Crippen molar-refractivity contribution in [3.63, 3.8) is 0 Å². The van der Waals surface area contributed by atoms with Crippen molar-refractivity contribution in [2.75, 3.05) is 0 Å². The van der Waals surface area contributed by atoms with Crippen molar-refractivity contribution < 1.29 is 0 Å². The SMILES string of the molecule is NC1=C(C2C=CCCC2)C(S)=C(C2=CCCCC2)CC1. The first-order chi connectivity index (χ1) is 9.77. The third-order valence-electron chi connectivity index (χ3n) is 4.83. The minimum absolute atomic E-state index is 0.496. The van der Waals surface area contributed by atoms with Gasteiger partial charge in [-0.25, -0.2) is 0 Å². The highest BCUT2D eigenvalue weighted by molar-refractivity contribution is 7.84. The number of allylic oxidation sites excluding steroid dienone is 7. The van der Waals surface area contributed by atoms with E-state index >= 15 is 0 Å². The van der Waals surface area contributed by atoms with Crippen LogP contribution < -0.4 is 5.73 Å². The molecule has 0 heterocycles. The van der Waals surface area contributed by atoms with Crippen molar-refractivity contribution in [2.45, 2.75) is 57.8 Å². The molecule has 1 unspecified atom stereocenters. The van der Waals surface area contributed by atoms with Crippen LogP contribution in [-0.2, 0) is 0 Å². The third-order valence-corrected chi connectivity index (χ3v) is 5.35. The molecule has 2 N–H and O–H groups in total. The van der Waals surface area contributed by atoms with Crippen LogP contribution >= 0.6 is 12.6 Å². The van der Waals surface area contributed by atoms with Crippen LogP contribution in [0.25, 0.3) is 0 Å². The van der Waals surface area contributed by atoms with Crippen molar-refractivity contribution in [1.29, 1.82) is 0 Å². The van der Waals surface area contributed by atoms with E-state index in [1.54, 1.807) is 5.57 Å². The number of rotatable bonds is 2. The van der Waals surface area contributed by atoms with Crippen LogP contribution in [0.3, 0.4) is 0 Å². The van der Waals surface area contributed by atoms with Gasteiger partial charge in [0.25, 0.3) is 0 Å². The molecule has 0 amide bonds. The second-order valence-electron chi connectivity index (χ2n) is 6.21. The van der Waals surface area contributed by atoms with Gasteiger partial charge in [0.05, 0.1) is 0 Å². The van der Waals surface area contributed by atoms with Crippen LogP contribution in [0.4, 0.5) is 0 Å². The monoisotopic (exact) mass is 287 g/mol. The molecule has 1 atom stereocenters. The van der Waals surface area contributed by atoms with Crippen molar-refractivity contribution in [2.24, 2.45) is 11.7 Å². The van der Waals surface area contributed by atoms with Gasteiger partial charge in [-0.15, -0.1) is 12.6 Å². The highest BCUT2D eigenvalue weighted by Crippen LogP contribution is 2.42. The van der Waals surface area contributed by atoms with Gasteiger partial charge in [0.1, 0.15) is 0 Å². The topological polar surface area (TPSA) is 26.0 Å². The number of thiol groups is 1. The molecule has 0 saturated carbocycles. The fourth-order valence-corrected chi connectivity index (χ4v) is 4.28. The normalized spacial score (nSPS) is 27.9. The summed E-state index contributed by atoms with van der Waals surface area (Å²) < 4.78 is 0. The predicted molar refractivity (Wildman–Crippen MR) is 89.5 cm³/mol. The zero-order valence-corrected chi connectivity index (χ0v) is 13.1. The fourth-order valence-electron chi connectivity index (χ4n) is 3.72. The molecule has 1 nitrogen and oxygen atoms in total. The smallest absolute Gasteiger partial charge is 0.0134 e. The molecular weight excluding hydrogens is 262 g/mol. The minimum Gasteiger partial charge on any atom is -0.402 e. The van der Waals surface area contributed by atoms with Crippen molar-refractivity contribution >= 4 is 12.6 Å². The van der Waals surface area contributed by atoms with E-state index in [0.29, 0.717) is 5.92 Å². The van der Waals surface area contributed by atoms with E-state index in [2.05, 4.69) is 18.2 Å². The first-order valence-corrected chi connectivity index (χ1v) is 8.49. The zero-order valence-electron chi connectivity index (χ0n) is 12.2. The maximum Gasteiger partial charge on any atom is 0.0134 e. The standard InChI is InChI=1S/C18H25NS/c19-16-12-11-15(13-7-3-1-4-8-13)18(20)17(16)14-9-5-2-6-10-14/h5,7,9,14,20H,1-4,6,8,10-12,19H2. The largest absolute Gasteiger partial charge is 0.402 e. The van der Waals surface area contributed by atoms with Gasteiger partial charge < -0.3 is 5.73 Å². The summed E-state index contributed by atoms with van der Waals surface area (Å²) >= 11 is 4.90. The summed E-state index contributed by atoms with van der Waals surface area (Å²) in [5, 5.41) is 0. The molecule has 3 aliphatic carbocycles. The quantitative estimate of drug-likeness (QED) is 0.540. The Hall–Kier alpha value is -0.890. The van der Waals surface area contributed by atoms with E-state index in [-0.39, 0.29) is 0 Å². The average molecular weight is 287 g/mol. The maximum absolute atomic E-state index is 6.34. The average Bonchev–Trinajstić information content (AvgIpc) is 2.49. The van der Waals surface area contributed by atoms with Crippen molar-refractivity contribution in [1.82, 2.24) is 0 Å². The first-order valence-electron chi connectivity index (χ1n) is 8.04. The summed E-state index contributed by atoms with van der Waals surface area (Å²) in [6.07, 6.45) is 18.0. The molecule has 20 heavy (non-hydrogen) atoms. The van der Waals surface area contributed by atoms with Gasteiger partial charge in [-0.1, -0.05) is 18.2 Å². The third kappa shape index (κ3) is 2.76. The van der Waals surface area contributed by atoms with Crippen molar-refractivity contribution in [3.8, 4) is 0 Å². The Balaban J connectivity index is 1.95. The summed E-state index contributed by atoms with van der Waals surface area (Å²) in [6, 6.07) is 0. The molecule has 3 aliphatic rings. The van der Waals surface area contributed by atoms with E-state index in [1.807, 2.05) is 0 Å². The van der Waals surface area contributed by atoms with Crippen LogP contribution in [0.15, 0.2) is 45.5 Å². The Morgan fingerprint density at radius 3 is 2.65 bits per heavy atom. The van der Waals surface area contributed by atoms with Gasteiger partial charge in [0, 0.05) is 16.5 Å². The van der Waals surface area contributed by atoms with Gasteiger partial charge in [-0.2, -0.15) is 0 Å². The molecule has 108 valence electrons. The van der Waals surface area contributed by atoms with Crippen LogP contribution in [0.5, 0.6) is 0 Å². The van der Waals surface area contributed by atoms with Crippen LogP contribution in [0.2, 0.25) is 0 Å². The second kappa shape index (κ2) is 6.26. The molecule has 3 rings (SSSR count). The molecule has 0 aromatic heterocycles. The first kappa shape index (κ1) is 14.1. The molecule has 0 fully saturated rings. The van der Waals surface area contributed by atoms with E-state index < -0.39 is 0 Å². The second-order valence-corrected chi connectivity index (χ2v) is 6.65. The Morgan fingerprint density at radius 1 is 1.05 bits per heavy atom. The molecule has 0 spiro atoms. The molecule has 2 heteroatoms. The molecule has 0 bridgehead atoms. The number of hydrogen-bond acceptors (Lipinski definition) is 2. The molecular formula is C18H25NS. The van der Waals surface area contributed by atoms with E-state index in [0.717, 1.165) is 18.5 Å². The minimum atomic E-state index is 0.496. The molecule has 0 aliphatic heterocycles. The lowest BCUT2D eigenvalue weighted by Crippen LogP contribution is -2.17. The Bertz CT molecular complexity index is 508. The van der Waals surface area contributed by atoms with Crippen LogP contribution in [0, 0.1) is 5.92 Å². The summed E-state index contributed by atoms with van der Waals surface area (Å²) in [4.78, 5) is 1.19. The van der Waals surface area contributed by atoms with Gasteiger partial charge in [-0.05, 0) is 74.5 Å². The zero-order chi connectivity index (χ0) is 13.9. The Labute approximate surface area is 128 Å². The van der Waals surface area contributed by atoms with Gasteiger partial charge in [0.15, 0.2) is 0 Å². The Morgan fingerprint density at radius 2 is 1.95 bits per heavy atom. The Kier molecular flexibility index (Phi) is 4.40. The number of nitrogens with two attached hydrogens (primary N) is 1. The highest BCUT2D eigenvalue weighted by atomic mass is 32.1. The highest BCUT2D eigenvalue weighted by Gasteiger charge is 2.26. The molecule has 0 aromatic rings. The molecule has 0 radical (unpaired) electrons. The van der Waals surface area contributed by atoms with E-state index in [4.69, 9.17) is 18.4 Å². The summed E-state index contributed by atoms with van der Waals surface area (Å²) in [7, 11) is 0. The summed E-state index contributed by atoms with van der Waals surface area (Å²) in [5.41, 5.74) is 11.8. The lowest BCUT2D eigenvalue weighted by Gasteiger charge is -2.29. The fraction of sp³-hybridized carbons (Fsp3) is 0.556.